The normalized spacial score (nSPS) is 17.9. The Hall–Kier alpha value is -1.96. The maximum atomic E-state index is 8.74. The molecule has 2 atom stereocenters. The van der Waals surface area contributed by atoms with Crippen molar-refractivity contribution in [2.75, 3.05) is 0 Å². The summed E-state index contributed by atoms with van der Waals surface area (Å²) in [6, 6.07) is 31.8. The summed E-state index contributed by atoms with van der Waals surface area (Å²) in [5.74, 6) is -1.63. The molecule has 2 unspecified atom stereocenters. The maximum absolute atomic E-state index is 8.74. The molecule has 0 fully saturated rings. The summed E-state index contributed by atoms with van der Waals surface area (Å²) < 4.78 is 0.241. The molecular weight excluding hydrogens is 719 g/mol. The number of unbranched alkanes of at least 4 members (excludes halogenated alkanes) is 2. The minimum atomic E-state index is -4.83. The van der Waals surface area contributed by atoms with E-state index < -0.39 is 21.5 Å². The molecule has 0 aliphatic heterocycles. The summed E-state index contributed by atoms with van der Waals surface area (Å²) in [6.45, 7) is 14.2. The molecule has 2 aliphatic rings. The molecular formula is C44H53Cl2SiZr. The Morgan fingerprint density at radius 1 is 0.562 bits per heavy atom. The number of aryl methyl sites for hydroxylation is 2. The Morgan fingerprint density at radius 3 is 1.29 bits per heavy atom. The molecule has 0 nitrogen and oxygen atoms in total. The summed E-state index contributed by atoms with van der Waals surface area (Å²) >= 11 is -4.83. The number of hydrogen-bond acceptors (Lipinski definition) is 0. The van der Waals surface area contributed by atoms with E-state index >= 15 is 0 Å². The van der Waals surface area contributed by atoms with Crippen LogP contribution < -0.4 is 0 Å². The monoisotopic (exact) mass is 769 g/mol. The Balaban J connectivity index is 1.60. The zero-order chi connectivity index (χ0) is 34.1. The predicted octanol–water partition coefficient (Wildman–Crippen LogP) is 14.1. The number of halogens is 2. The average molecular weight is 772 g/mol. The van der Waals surface area contributed by atoms with Crippen LogP contribution in [0.2, 0.25) is 13.1 Å². The molecule has 2 aliphatic carbocycles. The van der Waals surface area contributed by atoms with Gasteiger partial charge >= 0.3 is 302 Å². The van der Waals surface area contributed by atoms with Crippen LogP contribution in [-0.4, -0.2) is 5.92 Å². The van der Waals surface area contributed by atoms with Crippen LogP contribution in [0, 0.1) is 0 Å². The van der Waals surface area contributed by atoms with Crippen LogP contribution in [0.5, 0.6) is 0 Å². The van der Waals surface area contributed by atoms with Crippen molar-refractivity contribution in [3.8, 4) is 22.3 Å². The fourth-order valence-corrected chi connectivity index (χ4v) is 40.7. The predicted molar refractivity (Wildman–Crippen MR) is 214 cm³/mol. The molecule has 4 heteroatoms. The summed E-state index contributed by atoms with van der Waals surface area (Å²) in [5, 5.41) is 0. The molecule has 0 saturated heterocycles. The zero-order valence-electron chi connectivity index (χ0n) is 29.9. The van der Waals surface area contributed by atoms with E-state index in [0.717, 1.165) is 25.7 Å². The van der Waals surface area contributed by atoms with Gasteiger partial charge in [0.05, 0.1) is 0 Å². The van der Waals surface area contributed by atoms with Gasteiger partial charge in [-0.05, 0) is 0 Å². The van der Waals surface area contributed by atoms with E-state index in [4.69, 9.17) is 17.0 Å². The molecule has 0 heterocycles. The van der Waals surface area contributed by atoms with Crippen molar-refractivity contribution in [2.24, 2.45) is 0 Å². The molecule has 6 rings (SSSR count). The van der Waals surface area contributed by atoms with Gasteiger partial charge in [0.25, 0.3) is 0 Å². The van der Waals surface area contributed by atoms with E-state index in [1.807, 2.05) is 0 Å². The van der Waals surface area contributed by atoms with Crippen LogP contribution in [0.3, 0.4) is 0 Å². The fourth-order valence-electron chi connectivity index (χ4n) is 8.90. The molecule has 0 radical (unpaired) electrons. The second-order valence-electron chi connectivity index (χ2n) is 14.5. The number of rotatable bonds is 13. The van der Waals surface area contributed by atoms with Crippen LogP contribution in [0.1, 0.15) is 107 Å². The van der Waals surface area contributed by atoms with Crippen LogP contribution in [0.25, 0.3) is 34.4 Å². The average Bonchev–Trinajstić information content (AvgIpc) is 3.70. The van der Waals surface area contributed by atoms with E-state index in [2.05, 4.69) is 138 Å². The van der Waals surface area contributed by atoms with Crippen molar-refractivity contribution in [3.05, 3.63) is 129 Å². The molecule has 4 aromatic carbocycles. The van der Waals surface area contributed by atoms with Gasteiger partial charge in [0, 0.05) is 0 Å². The van der Waals surface area contributed by atoms with Gasteiger partial charge in [-0.3, -0.25) is 0 Å². The quantitative estimate of drug-likeness (QED) is 0.119. The first kappa shape index (κ1) is 35.9. The Kier molecular flexibility index (Phi) is 11.0. The van der Waals surface area contributed by atoms with E-state index in [0.29, 0.717) is 0 Å². The first-order chi connectivity index (χ1) is 23.2. The minimum absolute atomic E-state index is 0.120. The summed E-state index contributed by atoms with van der Waals surface area (Å²) in [5.41, 5.74) is 16.8. The molecule has 0 saturated carbocycles. The third-order valence-corrected chi connectivity index (χ3v) is 63.4. The van der Waals surface area contributed by atoms with Crippen LogP contribution >= 0.6 is 17.0 Å². The van der Waals surface area contributed by atoms with E-state index in [1.54, 1.807) is 0 Å². The number of allylic oxidation sites excluding steroid dienone is 2. The molecule has 0 bridgehead atoms. The van der Waals surface area contributed by atoms with Gasteiger partial charge in [-0.1, -0.05) is 0 Å². The van der Waals surface area contributed by atoms with Crippen LogP contribution in [0.4, 0.5) is 0 Å². The fraction of sp³-hybridized carbons (Fsp3) is 0.364. The molecule has 48 heavy (non-hydrogen) atoms. The van der Waals surface area contributed by atoms with Crippen molar-refractivity contribution in [1.82, 2.24) is 0 Å². The zero-order valence-corrected chi connectivity index (χ0v) is 35.0. The van der Waals surface area contributed by atoms with Crippen molar-refractivity contribution < 1.29 is 15.6 Å². The first-order valence-electron chi connectivity index (χ1n) is 18.6. The van der Waals surface area contributed by atoms with Crippen LogP contribution in [-0.2, 0) is 28.4 Å². The summed E-state index contributed by atoms with van der Waals surface area (Å²) in [4.78, 5) is 0. The standard InChI is InChI=1S/2C21H23.C2H7Si.2ClH.Zr/c2*1-3-5-9-18-12-13-19-14-16(4-2)15-20(19)21(18)17-10-7-6-8-11-17;1-3-2;;;/h2*6-8,10-15H,3-5,9H2,1-2H3;3H,1-2H3;2*1H;/q;;;;;+2/p-2. The van der Waals surface area contributed by atoms with Crippen molar-refractivity contribution >= 4 is 35.1 Å². The topological polar surface area (TPSA) is 0 Å². The van der Waals surface area contributed by atoms with Crippen LogP contribution in [0.15, 0.2) is 96.1 Å². The third-order valence-electron chi connectivity index (χ3n) is 11.5. The van der Waals surface area contributed by atoms with Crippen molar-refractivity contribution in [2.45, 2.75) is 99.4 Å². The van der Waals surface area contributed by atoms with Gasteiger partial charge in [0.15, 0.2) is 0 Å². The van der Waals surface area contributed by atoms with Gasteiger partial charge in [0.1, 0.15) is 0 Å². The number of benzene rings is 4. The first-order valence-corrected chi connectivity index (χ1v) is 34.9. The number of fused-ring (bicyclic) bond motifs is 2. The molecule has 0 amide bonds. The van der Waals surface area contributed by atoms with Gasteiger partial charge in [-0.2, -0.15) is 0 Å². The molecule has 251 valence electrons. The second-order valence-corrected chi connectivity index (χ2v) is 57.0. The molecule has 0 aromatic heterocycles. The van der Waals surface area contributed by atoms with Gasteiger partial charge < -0.3 is 0 Å². The SMILES string of the molecule is CCCCc1ccc2c(c1-c1ccccc1)C=C(CC)[CH]2[Zr]([Cl])([Cl])([CH]1C(CC)=Cc2c1ccc(CCCC)c2-c1ccccc1)[SiH](C)C. The van der Waals surface area contributed by atoms with E-state index in [-0.39, 0.29) is 7.25 Å². The van der Waals surface area contributed by atoms with Crippen molar-refractivity contribution in [1.29, 1.82) is 0 Å². The van der Waals surface area contributed by atoms with E-state index in [9.17, 15) is 0 Å². The summed E-state index contributed by atoms with van der Waals surface area (Å²) in [6.07, 6.45) is 13.9. The Bertz CT molecular complexity index is 1710. The van der Waals surface area contributed by atoms with Gasteiger partial charge in [-0.25, -0.2) is 0 Å². The number of hydrogen-bond donors (Lipinski definition) is 0. The Morgan fingerprint density at radius 2 is 0.958 bits per heavy atom. The molecule has 4 aromatic rings. The van der Waals surface area contributed by atoms with Gasteiger partial charge in [-0.15, -0.1) is 0 Å². The van der Waals surface area contributed by atoms with Crippen molar-refractivity contribution in [3.63, 3.8) is 0 Å². The Labute approximate surface area is 299 Å². The van der Waals surface area contributed by atoms with Gasteiger partial charge in [0.2, 0.25) is 0 Å². The molecule has 0 N–H and O–H groups in total. The summed E-state index contributed by atoms with van der Waals surface area (Å²) in [7, 11) is 17.5. The molecule has 0 spiro atoms. The van der Waals surface area contributed by atoms with E-state index in [1.165, 1.54) is 92.5 Å². The third kappa shape index (κ3) is 6.06. The second kappa shape index (κ2) is 14.7.